The molecule has 186 valence electrons. The van der Waals surface area contributed by atoms with E-state index in [0.29, 0.717) is 5.56 Å². The minimum Gasteiger partial charge on any atom is -0.456 e. The maximum atomic E-state index is 9.31. The van der Waals surface area contributed by atoms with Crippen LogP contribution in [0.1, 0.15) is 5.56 Å². The van der Waals surface area contributed by atoms with Crippen LogP contribution in [0.3, 0.4) is 0 Å². The molecule has 0 spiro atoms. The lowest BCUT2D eigenvalue weighted by atomic mass is 9.92. The summed E-state index contributed by atoms with van der Waals surface area (Å²) in [4.78, 5) is 0. The highest BCUT2D eigenvalue weighted by molar-refractivity contribution is 6.10. The largest absolute Gasteiger partial charge is 0.456 e. The van der Waals surface area contributed by atoms with Crippen molar-refractivity contribution >= 4 is 43.9 Å². The Bertz CT molecular complexity index is 2280. The average molecular weight is 512 g/mol. The normalized spacial score (nSPS) is 11.5. The van der Waals surface area contributed by atoms with Crippen LogP contribution >= 0.6 is 0 Å². The second-order valence-electron chi connectivity index (χ2n) is 10.1. The van der Waals surface area contributed by atoms with Crippen molar-refractivity contribution in [2.75, 3.05) is 0 Å². The predicted molar refractivity (Wildman–Crippen MR) is 162 cm³/mol. The first-order valence-corrected chi connectivity index (χ1v) is 13.2. The van der Waals surface area contributed by atoms with Crippen LogP contribution < -0.4 is 0 Å². The van der Waals surface area contributed by atoms with Gasteiger partial charge in [-0.1, -0.05) is 72.8 Å². The molecule has 0 bridgehead atoms. The number of benzene rings is 6. The number of furan rings is 2. The van der Waals surface area contributed by atoms with Crippen molar-refractivity contribution < 1.29 is 8.83 Å². The van der Waals surface area contributed by atoms with Crippen molar-refractivity contribution in [2.45, 2.75) is 0 Å². The molecule has 6 aromatic carbocycles. The van der Waals surface area contributed by atoms with Crippen LogP contribution in [-0.2, 0) is 0 Å². The minimum absolute atomic E-state index is 0.641. The van der Waals surface area contributed by atoms with Gasteiger partial charge in [-0.05, 0) is 82.4 Å². The quantitative estimate of drug-likeness (QED) is 0.237. The summed E-state index contributed by atoms with van der Waals surface area (Å²) in [5.74, 6) is 0. The molecule has 0 fully saturated rings. The van der Waals surface area contributed by atoms with E-state index in [1.807, 2.05) is 60.7 Å². The topological polar surface area (TPSA) is 50.1 Å². The maximum absolute atomic E-state index is 9.31. The zero-order valence-corrected chi connectivity index (χ0v) is 21.4. The summed E-state index contributed by atoms with van der Waals surface area (Å²) in [5, 5.41) is 13.7. The van der Waals surface area contributed by atoms with Gasteiger partial charge in [0.1, 0.15) is 22.3 Å². The summed E-state index contributed by atoms with van der Waals surface area (Å²) < 4.78 is 12.6. The lowest BCUT2D eigenvalue weighted by Crippen LogP contribution is -1.87. The summed E-state index contributed by atoms with van der Waals surface area (Å²) in [7, 11) is 0. The second kappa shape index (κ2) is 8.73. The lowest BCUT2D eigenvalue weighted by Gasteiger charge is -2.12. The molecule has 8 rings (SSSR count). The van der Waals surface area contributed by atoms with Gasteiger partial charge in [-0.2, -0.15) is 5.26 Å². The van der Waals surface area contributed by atoms with Crippen molar-refractivity contribution in [3.8, 4) is 39.4 Å². The summed E-state index contributed by atoms with van der Waals surface area (Å²) in [6.07, 6.45) is 0. The van der Waals surface area contributed by atoms with E-state index in [4.69, 9.17) is 8.83 Å². The van der Waals surface area contributed by atoms with Crippen LogP contribution in [0, 0.1) is 11.3 Å². The summed E-state index contributed by atoms with van der Waals surface area (Å²) >= 11 is 0. The number of rotatable bonds is 3. The van der Waals surface area contributed by atoms with Gasteiger partial charge in [0.2, 0.25) is 0 Å². The molecule has 40 heavy (non-hydrogen) atoms. The van der Waals surface area contributed by atoms with Crippen LogP contribution in [0.5, 0.6) is 0 Å². The smallest absolute Gasteiger partial charge is 0.143 e. The van der Waals surface area contributed by atoms with E-state index in [1.54, 1.807) is 0 Å². The molecule has 0 N–H and O–H groups in total. The van der Waals surface area contributed by atoms with Gasteiger partial charge in [0.25, 0.3) is 0 Å². The monoisotopic (exact) mass is 511 g/mol. The summed E-state index contributed by atoms with van der Waals surface area (Å²) in [6.45, 7) is 0. The highest BCUT2D eigenvalue weighted by atomic mass is 16.3. The molecular formula is C37H21NO2. The summed E-state index contributed by atoms with van der Waals surface area (Å²) in [5.41, 5.74) is 10.5. The van der Waals surface area contributed by atoms with Gasteiger partial charge in [0.15, 0.2) is 0 Å². The number of hydrogen-bond donors (Lipinski definition) is 0. The number of nitrogens with zero attached hydrogens (tertiary/aromatic N) is 1. The standard InChI is InChI=1S/C37H21NO2/c38-22-23-12-14-24(15-13-23)26-18-27(25-16-17-32-30-6-1-3-10-34(30)39-36(32)21-25)20-28(19-26)29-8-5-9-33-31-7-2-4-11-35(31)40-37(29)33/h1-21H. The Morgan fingerprint density at radius 1 is 0.425 bits per heavy atom. The molecule has 0 aliphatic rings. The first-order valence-electron chi connectivity index (χ1n) is 13.2. The number of nitriles is 1. The van der Waals surface area contributed by atoms with Crippen molar-refractivity contribution in [1.29, 1.82) is 5.26 Å². The van der Waals surface area contributed by atoms with E-state index >= 15 is 0 Å². The predicted octanol–water partition coefficient (Wildman–Crippen LogP) is 10.4. The van der Waals surface area contributed by atoms with E-state index in [0.717, 1.165) is 77.3 Å². The van der Waals surface area contributed by atoms with Crippen LogP contribution in [0.15, 0.2) is 136 Å². The Kier molecular flexibility index (Phi) is 4.89. The fourth-order valence-electron chi connectivity index (χ4n) is 5.73. The SMILES string of the molecule is N#Cc1ccc(-c2cc(-c3ccc4c(c3)oc3ccccc34)cc(-c3cccc4c3oc3ccccc34)c2)cc1. The van der Waals surface area contributed by atoms with Gasteiger partial charge >= 0.3 is 0 Å². The fourth-order valence-corrected chi connectivity index (χ4v) is 5.73. The van der Waals surface area contributed by atoms with Gasteiger partial charge in [0, 0.05) is 27.1 Å². The lowest BCUT2D eigenvalue weighted by molar-refractivity contribution is 0.669. The Morgan fingerprint density at radius 2 is 1.02 bits per heavy atom. The van der Waals surface area contributed by atoms with Crippen molar-refractivity contribution in [2.24, 2.45) is 0 Å². The van der Waals surface area contributed by atoms with E-state index in [-0.39, 0.29) is 0 Å². The Morgan fingerprint density at radius 3 is 1.80 bits per heavy atom. The van der Waals surface area contributed by atoms with E-state index in [1.165, 1.54) is 0 Å². The Balaban J connectivity index is 1.37. The van der Waals surface area contributed by atoms with Gasteiger partial charge in [-0.15, -0.1) is 0 Å². The number of fused-ring (bicyclic) bond motifs is 6. The maximum Gasteiger partial charge on any atom is 0.143 e. The van der Waals surface area contributed by atoms with Crippen molar-refractivity contribution in [3.63, 3.8) is 0 Å². The molecule has 0 aliphatic heterocycles. The van der Waals surface area contributed by atoms with Crippen molar-refractivity contribution in [3.05, 3.63) is 133 Å². The van der Waals surface area contributed by atoms with Gasteiger partial charge in [-0.3, -0.25) is 0 Å². The molecule has 3 nitrogen and oxygen atoms in total. The highest BCUT2D eigenvalue weighted by Gasteiger charge is 2.15. The molecular weight excluding hydrogens is 490 g/mol. The first kappa shape index (κ1) is 22.4. The Hall–Kier alpha value is -5.59. The molecule has 0 amide bonds. The van der Waals surface area contributed by atoms with E-state index in [9.17, 15) is 5.26 Å². The summed E-state index contributed by atoms with van der Waals surface area (Å²) in [6, 6.07) is 45.6. The van der Waals surface area contributed by atoms with Gasteiger partial charge in [-0.25, -0.2) is 0 Å². The molecule has 0 saturated heterocycles. The first-order chi connectivity index (χ1) is 19.7. The van der Waals surface area contributed by atoms with E-state index in [2.05, 4.69) is 72.8 Å². The molecule has 0 aliphatic carbocycles. The molecule has 0 unspecified atom stereocenters. The zero-order chi connectivity index (χ0) is 26.6. The number of para-hydroxylation sites is 3. The van der Waals surface area contributed by atoms with Gasteiger partial charge in [0.05, 0.1) is 11.6 Å². The van der Waals surface area contributed by atoms with Crippen LogP contribution in [0.4, 0.5) is 0 Å². The molecule has 0 atom stereocenters. The molecule has 2 heterocycles. The van der Waals surface area contributed by atoms with Gasteiger partial charge < -0.3 is 8.83 Å². The average Bonchev–Trinajstić information content (AvgIpc) is 3.59. The Labute approximate surface area is 230 Å². The van der Waals surface area contributed by atoms with Crippen LogP contribution in [-0.4, -0.2) is 0 Å². The molecule has 2 aromatic heterocycles. The minimum atomic E-state index is 0.641. The van der Waals surface area contributed by atoms with E-state index < -0.39 is 0 Å². The molecule has 0 radical (unpaired) electrons. The van der Waals surface area contributed by atoms with Crippen molar-refractivity contribution in [1.82, 2.24) is 0 Å². The third-order valence-electron chi connectivity index (χ3n) is 7.71. The molecule has 3 heteroatoms. The third kappa shape index (κ3) is 3.51. The second-order valence-corrected chi connectivity index (χ2v) is 10.1. The number of hydrogen-bond acceptors (Lipinski definition) is 3. The molecule has 8 aromatic rings. The molecule has 0 saturated carbocycles. The fraction of sp³-hybridized carbons (Fsp3) is 0. The zero-order valence-electron chi connectivity index (χ0n) is 21.4. The van der Waals surface area contributed by atoms with Crippen LogP contribution in [0.25, 0.3) is 77.3 Å². The highest BCUT2D eigenvalue weighted by Crippen LogP contribution is 2.40. The van der Waals surface area contributed by atoms with Crippen LogP contribution in [0.2, 0.25) is 0 Å². The third-order valence-corrected chi connectivity index (χ3v) is 7.71.